The van der Waals surface area contributed by atoms with Gasteiger partial charge in [-0.2, -0.15) is 5.10 Å². The van der Waals surface area contributed by atoms with Crippen LogP contribution in [-0.2, 0) is 6.42 Å². The molecule has 1 atom stereocenters. The summed E-state index contributed by atoms with van der Waals surface area (Å²) in [6.45, 7) is 3.41. The van der Waals surface area contributed by atoms with Crippen LogP contribution in [0.25, 0.3) is 0 Å². The molecule has 1 aliphatic rings. The van der Waals surface area contributed by atoms with Gasteiger partial charge in [-0.3, -0.25) is 4.68 Å². The summed E-state index contributed by atoms with van der Waals surface area (Å²) in [5.41, 5.74) is 1.26. The summed E-state index contributed by atoms with van der Waals surface area (Å²) in [4.78, 5) is 0. The summed E-state index contributed by atoms with van der Waals surface area (Å²) in [6.07, 6.45) is 9.90. The number of hydrogen-bond donors (Lipinski definition) is 1. The van der Waals surface area contributed by atoms with E-state index in [2.05, 4.69) is 29.2 Å². The van der Waals surface area contributed by atoms with Gasteiger partial charge in [-0.25, -0.2) is 0 Å². The molecule has 1 aromatic rings. The van der Waals surface area contributed by atoms with Crippen LogP contribution in [0.5, 0.6) is 0 Å². The molecular weight excluding hydrogens is 210 g/mol. The van der Waals surface area contributed by atoms with Gasteiger partial charge < -0.3 is 5.32 Å². The lowest BCUT2D eigenvalue weighted by molar-refractivity contribution is 0.453. The SMILES string of the molecule is CNCCC(C)Cc1ccn(C2CCCC2)n1. The first kappa shape index (κ1) is 12.6. The Balaban J connectivity index is 1.84. The minimum Gasteiger partial charge on any atom is -0.320 e. The van der Waals surface area contributed by atoms with E-state index in [1.165, 1.54) is 37.8 Å². The Bertz CT molecular complexity index is 326. The third-order valence-corrected chi connectivity index (χ3v) is 3.81. The van der Waals surface area contributed by atoms with E-state index in [1.54, 1.807) is 0 Å². The Morgan fingerprint density at radius 1 is 1.47 bits per heavy atom. The molecule has 0 aromatic carbocycles. The van der Waals surface area contributed by atoms with Gasteiger partial charge >= 0.3 is 0 Å². The van der Waals surface area contributed by atoms with Gasteiger partial charge in [0.15, 0.2) is 0 Å². The fraction of sp³-hybridized carbons (Fsp3) is 0.786. The Hall–Kier alpha value is -0.830. The van der Waals surface area contributed by atoms with Crippen LogP contribution in [-0.4, -0.2) is 23.4 Å². The highest BCUT2D eigenvalue weighted by Gasteiger charge is 2.17. The van der Waals surface area contributed by atoms with Crippen molar-refractivity contribution in [3.8, 4) is 0 Å². The van der Waals surface area contributed by atoms with E-state index in [1.807, 2.05) is 7.05 Å². The molecule has 0 spiro atoms. The molecule has 1 heterocycles. The molecule has 0 bridgehead atoms. The predicted octanol–water partition coefficient (Wildman–Crippen LogP) is 2.79. The summed E-state index contributed by atoms with van der Waals surface area (Å²) < 4.78 is 2.20. The second-order valence-corrected chi connectivity index (χ2v) is 5.43. The Labute approximate surface area is 105 Å². The zero-order valence-corrected chi connectivity index (χ0v) is 11.2. The smallest absolute Gasteiger partial charge is 0.0627 e. The van der Waals surface area contributed by atoms with Crippen molar-refractivity contribution in [3.63, 3.8) is 0 Å². The van der Waals surface area contributed by atoms with Crippen LogP contribution in [0, 0.1) is 5.92 Å². The van der Waals surface area contributed by atoms with Crippen LogP contribution in [0.4, 0.5) is 0 Å². The lowest BCUT2D eigenvalue weighted by atomic mass is 10.0. The Morgan fingerprint density at radius 3 is 2.94 bits per heavy atom. The second-order valence-electron chi connectivity index (χ2n) is 5.43. The monoisotopic (exact) mass is 235 g/mol. The minimum atomic E-state index is 0.677. The number of hydrogen-bond acceptors (Lipinski definition) is 2. The zero-order valence-electron chi connectivity index (χ0n) is 11.2. The molecule has 0 radical (unpaired) electrons. The van der Waals surface area contributed by atoms with Crippen molar-refractivity contribution in [1.29, 1.82) is 0 Å². The highest BCUT2D eigenvalue weighted by molar-refractivity contribution is 5.01. The molecule has 96 valence electrons. The van der Waals surface area contributed by atoms with E-state index in [9.17, 15) is 0 Å². The predicted molar refractivity (Wildman–Crippen MR) is 71.1 cm³/mol. The first-order chi connectivity index (χ1) is 8.29. The molecule has 1 saturated carbocycles. The molecule has 3 nitrogen and oxygen atoms in total. The van der Waals surface area contributed by atoms with Crippen molar-refractivity contribution >= 4 is 0 Å². The molecule has 0 aliphatic heterocycles. The van der Waals surface area contributed by atoms with Crippen LogP contribution >= 0.6 is 0 Å². The number of nitrogens with one attached hydrogen (secondary N) is 1. The van der Waals surface area contributed by atoms with Gasteiger partial charge in [-0.15, -0.1) is 0 Å². The Morgan fingerprint density at radius 2 is 2.24 bits per heavy atom. The van der Waals surface area contributed by atoms with E-state index in [0.717, 1.165) is 18.9 Å². The maximum absolute atomic E-state index is 4.74. The van der Waals surface area contributed by atoms with Crippen molar-refractivity contribution in [2.75, 3.05) is 13.6 Å². The van der Waals surface area contributed by atoms with Gasteiger partial charge in [0, 0.05) is 6.20 Å². The van der Waals surface area contributed by atoms with Crippen LogP contribution in [0.3, 0.4) is 0 Å². The number of nitrogens with zero attached hydrogens (tertiary/aromatic N) is 2. The molecule has 1 fully saturated rings. The van der Waals surface area contributed by atoms with Crippen LogP contribution in [0.2, 0.25) is 0 Å². The van der Waals surface area contributed by atoms with Gasteiger partial charge in [-0.05, 0) is 51.3 Å². The van der Waals surface area contributed by atoms with Gasteiger partial charge in [0.05, 0.1) is 11.7 Å². The molecule has 0 saturated heterocycles. The maximum Gasteiger partial charge on any atom is 0.0627 e. The van der Waals surface area contributed by atoms with Crippen molar-refractivity contribution in [2.24, 2.45) is 5.92 Å². The number of aromatic nitrogens is 2. The van der Waals surface area contributed by atoms with Crippen LogP contribution < -0.4 is 5.32 Å². The summed E-state index contributed by atoms with van der Waals surface area (Å²) in [5.74, 6) is 0.717. The first-order valence-corrected chi connectivity index (χ1v) is 6.98. The second kappa shape index (κ2) is 6.20. The molecule has 0 amide bonds. The highest BCUT2D eigenvalue weighted by Crippen LogP contribution is 2.28. The standard InChI is InChI=1S/C14H25N3/c1-12(7-9-15-2)11-13-8-10-17(16-13)14-5-3-4-6-14/h8,10,12,14-15H,3-7,9,11H2,1-2H3. The van der Waals surface area contributed by atoms with E-state index in [0.29, 0.717) is 6.04 Å². The van der Waals surface area contributed by atoms with Crippen molar-refractivity contribution in [2.45, 2.75) is 51.5 Å². The van der Waals surface area contributed by atoms with Crippen LogP contribution in [0.1, 0.15) is 50.8 Å². The molecule has 1 unspecified atom stereocenters. The van der Waals surface area contributed by atoms with E-state index < -0.39 is 0 Å². The van der Waals surface area contributed by atoms with Gasteiger partial charge in [0.1, 0.15) is 0 Å². The van der Waals surface area contributed by atoms with Crippen LogP contribution in [0.15, 0.2) is 12.3 Å². The van der Waals surface area contributed by atoms with Crippen molar-refractivity contribution < 1.29 is 0 Å². The third kappa shape index (κ3) is 3.56. The molecule has 1 N–H and O–H groups in total. The first-order valence-electron chi connectivity index (χ1n) is 6.98. The normalized spacial score (nSPS) is 18.7. The summed E-state index contributed by atoms with van der Waals surface area (Å²) in [6, 6.07) is 2.88. The lowest BCUT2D eigenvalue weighted by Gasteiger charge is -2.10. The maximum atomic E-state index is 4.74. The van der Waals surface area contributed by atoms with Crippen molar-refractivity contribution in [1.82, 2.24) is 15.1 Å². The molecular formula is C14H25N3. The molecule has 2 rings (SSSR count). The van der Waals surface area contributed by atoms with E-state index in [-0.39, 0.29) is 0 Å². The van der Waals surface area contributed by atoms with Gasteiger partial charge in [0.25, 0.3) is 0 Å². The summed E-state index contributed by atoms with van der Waals surface area (Å²) in [7, 11) is 2.02. The summed E-state index contributed by atoms with van der Waals surface area (Å²) >= 11 is 0. The molecule has 1 aromatic heterocycles. The van der Waals surface area contributed by atoms with E-state index >= 15 is 0 Å². The molecule has 1 aliphatic carbocycles. The minimum absolute atomic E-state index is 0.677. The summed E-state index contributed by atoms with van der Waals surface area (Å²) in [5, 5.41) is 7.95. The van der Waals surface area contributed by atoms with Crippen molar-refractivity contribution in [3.05, 3.63) is 18.0 Å². The van der Waals surface area contributed by atoms with Gasteiger partial charge in [0.2, 0.25) is 0 Å². The highest BCUT2D eigenvalue weighted by atomic mass is 15.3. The molecule has 3 heteroatoms. The zero-order chi connectivity index (χ0) is 12.1. The lowest BCUT2D eigenvalue weighted by Crippen LogP contribution is -2.13. The Kier molecular flexibility index (Phi) is 4.60. The topological polar surface area (TPSA) is 29.9 Å². The average Bonchev–Trinajstić information content (AvgIpc) is 2.95. The average molecular weight is 235 g/mol. The largest absolute Gasteiger partial charge is 0.320 e. The van der Waals surface area contributed by atoms with E-state index in [4.69, 9.17) is 5.10 Å². The fourth-order valence-electron chi connectivity index (χ4n) is 2.71. The number of rotatable bonds is 6. The quantitative estimate of drug-likeness (QED) is 0.821. The third-order valence-electron chi connectivity index (χ3n) is 3.81. The fourth-order valence-corrected chi connectivity index (χ4v) is 2.71. The van der Waals surface area contributed by atoms with Gasteiger partial charge in [-0.1, -0.05) is 19.8 Å². The molecule has 17 heavy (non-hydrogen) atoms.